The Hall–Kier alpha value is -3.81. The Bertz CT molecular complexity index is 2410. The number of hydrogen-bond acceptors (Lipinski definition) is 18. The average molecular weight is 1510 g/mol. The van der Waals surface area contributed by atoms with Crippen LogP contribution < -0.4 is 5.32 Å². The van der Waals surface area contributed by atoms with Gasteiger partial charge >= 0.3 is 0 Å². The van der Waals surface area contributed by atoms with E-state index >= 15 is 0 Å². The molecular weight excluding hydrogens is 1360 g/mol. The lowest BCUT2D eigenvalue weighted by atomic mass is 9.96. The Morgan fingerprint density at radius 1 is 0.346 bits per heavy atom. The summed E-state index contributed by atoms with van der Waals surface area (Å²) in [5.41, 5.74) is 0. The second-order valence-corrected chi connectivity index (χ2v) is 29.6. The van der Waals surface area contributed by atoms with E-state index in [1.165, 1.54) is 180 Å². The van der Waals surface area contributed by atoms with Gasteiger partial charge < -0.3 is 89.9 Å². The Balaban J connectivity index is 1.39. The van der Waals surface area contributed by atoms with Gasteiger partial charge in [0.2, 0.25) is 5.91 Å². The van der Waals surface area contributed by atoms with Crippen molar-refractivity contribution in [3.05, 3.63) is 122 Å². The maximum absolute atomic E-state index is 13.5. The maximum Gasteiger partial charge on any atom is 0.220 e. The molecule has 3 aliphatic rings. The van der Waals surface area contributed by atoms with Crippen molar-refractivity contribution in [1.29, 1.82) is 0 Å². The van der Waals surface area contributed by atoms with E-state index in [1.54, 1.807) is 6.08 Å². The first-order valence-corrected chi connectivity index (χ1v) is 42.3. The summed E-state index contributed by atoms with van der Waals surface area (Å²) in [6, 6.07) is -1.02. The molecule has 3 saturated heterocycles. The van der Waals surface area contributed by atoms with Crippen LogP contribution in [-0.2, 0) is 33.2 Å². The third-order valence-corrected chi connectivity index (χ3v) is 20.3. The summed E-state index contributed by atoms with van der Waals surface area (Å²) in [4.78, 5) is 13.5. The van der Waals surface area contributed by atoms with Crippen LogP contribution in [-0.4, -0.2) is 193 Å². The van der Waals surface area contributed by atoms with E-state index in [0.29, 0.717) is 12.8 Å². The lowest BCUT2D eigenvalue weighted by molar-refractivity contribution is -0.379. The number of aliphatic hydroxyl groups is 11. The van der Waals surface area contributed by atoms with Gasteiger partial charge in [-0.25, -0.2) is 0 Å². The average Bonchev–Trinajstić information content (AvgIpc) is 0.781. The van der Waals surface area contributed by atoms with Crippen molar-refractivity contribution in [1.82, 2.24) is 5.32 Å². The lowest BCUT2D eigenvalue weighted by Gasteiger charge is -2.48. The minimum Gasteiger partial charge on any atom is -0.394 e. The van der Waals surface area contributed by atoms with Crippen LogP contribution in [0.5, 0.6) is 0 Å². The van der Waals surface area contributed by atoms with Gasteiger partial charge in [0.1, 0.15) is 73.2 Å². The normalized spacial score (nSPS) is 26.2. The van der Waals surface area contributed by atoms with Crippen LogP contribution in [0.15, 0.2) is 122 Å². The van der Waals surface area contributed by atoms with Gasteiger partial charge in [0.25, 0.3) is 0 Å². The standard InChI is InChI=1S/C88H151NO18/c1-3-5-7-9-11-13-15-17-19-21-23-25-27-29-31-33-34-35-36-38-39-41-43-45-47-49-51-53-55-57-59-61-63-65-72(93)71(89-76(94)66-64-62-60-58-56-54-52-50-48-46-44-42-40-37-32-30-28-26-24-22-20-18-16-14-12-10-8-6-4-2)70-102-86-82(100)79(97)84(74(68-91)104-86)107-88-83(101)80(98)85(75(69-92)105-88)106-87-81(99)78(96)77(95)73(67-90)103-87/h6,8,12,14,18,20,24,26,30,32,40,42,46,48,52,54,58,60,63,65,71-75,77-88,90-93,95-101H,3-5,7,9-11,13,15-17,19,21-23,25,27-29,31,33-39,41,43-45,47,49-51,53,55-57,59,61-62,64,66-70H2,1-2H3,(H,89,94)/b8-6-,14-12-,20-18-,26-24-,32-30-,42-40-,48-46-,54-52-,60-58-,65-63+. The highest BCUT2D eigenvalue weighted by Crippen LogP contribution is 2.33. The van der Waals surface area contributed by atoms with E-state index < -0.39 is 124 Å². The van der Waals surface area contributed by atoms with E-state index in [4.69, 9.17) is 28.4 Å². The zero-order chi connectivity index (χ0) is 77.4. The fourth-order valence-corrected chi connectivity index (χ4v) is 13.5. The van der Waals surface area contributed by atoms with E-state index in [0.717, 1.165) is 83.5 Å². The molecule has 3 heterocycles. The second-order valence-electron chi connectivity index (χ2n) is 29.6. The number of rotatable bonds is 66. The van der Waals surface area contributed by atoms with E-state index in [-0.39, 0.29) is 18.9 Å². The van der Waals surface area contributed by atoms with Crippen molar-refractivity contribution in [2.75, 3.05) is 26.4 Å². The van der Waals surface area contributed by atoms with Crippen LogP contribution in [0.25, 0.3) is 0 Å². The minimum atomic E-state index is -1.99. The number of allylic oxidation sites excluding steroid dienone is 19. The molecule has 0 spiro atoms. The van der Waals surface area contributed by atoms with Crippen molar-refractivity contribution in [2.45, 2.75) is 401 Å². The molecule has 107 heavy (non-hydrogen) atoms. The van der Waals surface area contributed by atoms with Crippen LogP contribution in [0.3, 0.4) is 0 Å². The first-order valence-electron chi connectivity index (χ1n) is 42.3. The molecule has 19 nitrogen and oxygen atoms in total. The third kappa shape index (κ3) is 46.1. The van der Waals surface area contributed by atoms with Crippen LogP contribution in [0.2, 0.25) is 0 Å². The fraction of sp³-hybridized carbons (Fsp3) is 0.761. The largest absolute Gasteiger partial charge is 0.394 e. The van der Waals surface area contributed by atoms with Crippen LogP contribution in [0.1, 0.15) is 296 Å². The van der Waals surface area contributed by atoms with Crippen molar-refractivity contribution in [3.63, 3.8) is 0 Å². The van der Waals surface area contributed by atoms with Crippen molar-refractivity contribution in [2.24, 2.45) is 0 Å². The van der Waals surface area contributed by atoms with Crippen molar-refractivity contribution < 1.29 is 89.4 Å². The molecule has 0 bridgehead atoms. The first-order chi connectivity index (χ1) is 52.3. The van der Waals surface area contributed by atoms with Gasteiger partial charge in [-0.2, -0.15) is 0 Å². The minimum absolute atomic E-state index is 0.156. The quantitative estimate of drug-likeness (QED) is 0.0199. The molecule has 3 aliphatic heterocycles. The molecule has 0 saturated carbocycles. The fourth-order valence-electron chi connectivity index (χ4n) is 13.5. The highest BCUT2D eigenvalue weighted by molar-refractivity contribution is 5.76. The molecule has 0 aromatic heterocycles. The Labute approximate surface area is 646 Å². The van der Waals surface area contributed by atoms with Gasteiger partial charge in [0.05, 0.1) is 38.6 Å². The molecule has 12 N–H and O–H groups in total. The molecule has 1 amide bonds. The molecule has 3 fully saturated rings. The zero-order valence-corrected chi connectivity index (χ0v) is 66.1. The number of amides is 1. The van der Waals surface area contributed by atoms with E-state index in [1.807, 2.05) is 12.2 Å². The molecule has 3 rings (SSSR count). The summed E-state index contributed by atoms with van der Waals surface area (Å²) >= 11 is 0. The van der Waals surface area contributed by atoms with Crippen LogP contribution >= 0.6 is 0 Å². The molecule has 0 aliphatic carbocycles. The van der Waals surface area contributed by atoms with Gasteiger partial charge in [0.15, 0.2) is 18.9 Å². The summed E-state index contributed by atoms with van der Waals surface area (Å²) in [5, 5.41) is 121. The van der Waals surface area contributed by atoms with Gasteiger partial charge in [-0.15, -0.1) is 0 Å². The molecule has 0 radical (unpaired) electrons. The number of carbonyl (C=O) groups is 1. The summed E-state index contributed by atoms with van der Waals surface area (Å²) in [6.07, 6.45) is 67.7. The Morgan fingerprint density at radius 2 is 0.645 bits per heavy atom. The smallest absolute Gasteiger partial charge is 0.220 e. The molecule has 19 heteroatoms. The lowest BCUT2D eigenvalue weighted by Crippen LogP contribution is -2.66. The van der Waals surface area contributed by atoms with Gasteiger partial charge in [-0.1, -0.05) is 328 Å². The molecule has 17 atom stereocenters. The van der Waals surface area contributed by atoms with Crippen LogP contribution in [0, 0.1) is 0 Å². The maximum atomic E-state index is 13.5. The SMILES string of the molecule is CC/C=C\C/C=C\C/C=C\C/C=C\C/C=C\C/C=C\C/C=C\C/C=C\C/C=C\CCCC(=O)NC(COC1OC(CO)C(OC2OC(CO)C(OC3OC(CO)C(O)C(O)C3O)C(O)C2O)C(O)C1O)C(O)/C=C/CCCCCCCCCCCCCCCCCCCCCCCCCCCCCCCCC. The molecule has 17 unspecified atom stereocenters. The Morgan fingerprint density at radius 3 is 1.00 bits per heavy atom. The summed E-state index contributed by atoms with van der Waals surface area (Å²) < 4.78 is 34.4. The van der Waals surface area contributed by atoms with Crippen molar-refractivity contribution in [3.8, 4) is 0 Å². The molecule has 616 valence electrons. The number of aliphatic hydroxyl groups excluding tert-OH is 11. The summed E-state index contributed by atoms with van der Waals surface area (Å²) in [7, 11) is 0. The predicted molar refractivity (Wildman–Crippen MR) is 429 cm³/mol. The van der Waals surface area contributed by atoms with E-state index in [9.17, 15) is 61.0 Å². The van der Waals surface area contributed by atoms with E-state index in [2.05, 4.69) is 122 Å². The second kappa shape index (κ2) is 66.8. The highest BCUT2D eigenvalue weighted by atomic mass is 16.8. The number of hydrogen-bond donors (Lipinski definition) is 12. The first kappa shape index (κ1) is 97.4. The number of unbranched alkanes of at least 4 members (excludes halogenated alkanes) is 32. The van der Waals surface area contributed by atoms with Crippen molar-refractivity contribution >= 4 is 5.91 Å². The zero-order valence-electron chi connectivity index (χ0n) is 66.1. The Kier molecular flexibility index (Phi) is 60.8. The third-order valence-electron chi connectivity index (χ3n) is 20.3. The summed E-state index contributed by atoms with van der Waals surface area (Å²) in [5.74, 6) is -0.335. The molecular formula is C88H151NO18. The summed E-state index contributed by atoms with van der Waals surface area (Å²) in [6.45, 7) is 1.60. The predicted octanol–water partition coefficient (Wildman–Crippen LogP) is 15.1. The van der Waals surface area contributed by atoms with Crippen LogP contribution in [0.4, 0.5) is 0 Å². The monoisotopic (exact) mass is 1510 g/mol. The topological polar surface area (TPSA) is 307 Å². The molecule has 0 aromatic rings. The highest BCUT2D eigenvalue weighted by Gasteiger charge is 2.54. The number of carbonyl (C=O) groups excluding carboxylic acids is 1. The number of nitrogens with one attached hydrogen (secondary N) is 1. The number of ether oxygens (including phenoxy) is 6. The van der Waals surface area contributed by atoms with Gasteiger partial charge in [-0.3, -0.25) is 4.79 Å². The van der Waals surface area contributed by atoms with Gasteiger partial charge in [-0.05, 0) is 83.5 Å². The van der Waals surface area contributed by atoms with Gasteiger partial charge in [0, 0.05) is 6.42 Å². The molecule has 0 aromatic carbocycles.